The van der Waals surface area contributed by atoms with E-state index in [0.29, 0.717) is 6.42 Å². The molecule has 0 heterocycles. The molecule has 0 aliphatic rings. The number of anilines is 1. The number of carbonyl (C=O) groups excluding carboxylic acids is 2. The fourth-order valence-corrected chi connectivity index (χ4v) is 5.27. The molecule has 7 nitrogen and oxygen atoms in total. The summed E-state index contributed by atoms with van der Waals surface area (Å²) in [6, 6.07) is 19.3. The van der Waals surface area contributed by atoms with Gasteiger partial charge in [-0.05, 0) is 49.6 Å². The van der Waals surface area contributed by atoms with E-state index < -0.39 is 34.3 Å². The molecule has 0 aliphatic heterocycles. The van der Waals surface area contributed by atoms with Crippen LogP contribution in [0.1, 0.15) is 37.0 Å². The number of rotatable bonds is 12. The van der Waals surface area contributed by atoms with Crippen LogP contribution in [0.5, 0.6) is 0 Å². The third kappa shape index (κ3) is 8.53. The Balaban J connectivity index is 2.07. The minimum Gasteiger partial charge on any atom is -0.352 e. The monoisotopic (exact) mass is 587 g/mol. The molecule has 0 bridgehead atoms. The molecule has 0 saturated carbocycles. The predicted octanol–water partition coefficient (Wildman–Crippen LogP) is 5.11. The molecule has 0 aromatic heterocycles. The SMILES string of the molecule is CC[C@@H](C)NC(=O)[C@H](Cc1ccccc1)N(Cc1cccc(C)c1)C(=O)CN(c1ccc(F)c(Cl)c1)S(C)(=O)=O. The first-order valence-corrected chi connectivity index (χ1v) is 15.2. The van der Waals surface area contributed by atoms with Crippen molar-refractivity contribution >= 4 is 39.1 Å². The molecular weight excluding hydrogens is 553 g/mol. The fraction of sp³-hybridized carbons (Fsp3) is 0.333. The molecule has 3 rings (SSSR count). The van der Waals surface area contributed by atoms with Crippen LogP contribution in [0.2, 0.25) is 5.02 Å². The van der Waals surface area contributed by atoms with Gasteiger partial charge in [-0.15, -0.1) is 0 Å². The minimum absolute atomic E-state index is 0.0430. The van der Waals surface area contributed by atoms with Crippen molar-refractivity contribution in [2.24, 2.45) is 0 Å². The number of halogens is 2. The van der Waals surface area contributed by atoms with Crippen LogP contribution in [0.15, 0.2) is 72.8 Å². The molecule has 0 saturated heterocycles. The van der Waals surface area contributed by atoms with Crippen LogP contribution in [0, 0.1) is 12.7 Å². The van der Waals surface area contributed by atoms with Crippen LogP contribution in [0.25, 0.3) is 0 Å². The molecule has 0 aliphatic carbocycles. The molecule has 0 radical (unpaired) electrons. The lowest BCUT2D eigenvalue weighted by Crippen LogP contribution is -2.54. The number of sulfonamides is 1. The molecular formula is C30H35ClFN3O4S. The van der Waals surface area contributed by atoms with Crippen molar-refractivity contribution < 1.29 is 22.4 Å². The third-order valence-corrected chi connectivity index (χ3v) is 8.01. The predicted molar refractivity (Wildman–Crippen MR) is 157 cm³/mol. The van der Waals surface area contributed by atoms with Gasteiger partial charge in [0.05, 0.1) is 17.0 Å². The first kappa shape index (κ1) is 31.1. The molecule has 0 fully saturated rings. The van der Waals surface area contributed by atoms with Gasteiger partial charge in [0, 0.05) is 19.0 Å². The van der Waals surface area contributed by atoms with E-state index in [1.165, 1.54) is 11.0 Å². The maximum Gasteiger partial charge on any atom is 0.244 e. The number of nitrogens with one attached hydrogen (secondary N) is 1. The lowest BCUT2D eigenvalue weighted by Gasteiger charge is -2.34. The van der Waals surface area contributed by atoms with Gasteiger partial charge in [0.25, 0.3) is 0 Å². The van der Waals surface area contributed by atoms with Crippen molar-refractivity contribution in [1.82, 2.24) is 10.2 Å². The largest absolute Gasteiger partial charge is 0.352 e. The number of benzene rings is 3. The topological polar surface area (TPSA) is 86.8 Å². The summed E-state index contributed by atoms with van der Waals surface area (Å²) in [7, 11) is -3.98. The highest BCUT2D eigenvalue weighted by molar-refractivity contribution is 7.92. The van der Waals surface area contributed by atoms with Gasteiger partial charge >= 0.3 is 0 Å². The van der Waals surface area contributed by atoms with Crippen molar-refractivity contribution in [3.63, 3.8) is 0 Å². The highest BCUT2D eigenvalue weighted by Crippen LogP contribution is 2.25. The number of aryl methyl sites for hydroxylation is 1. The lowest BCUT2D eigenvalue weighted by molar-refractivity contribution is -0.140. The standard InChI is InChI=1S/C30H35ClFN3O4S/c1-5-22(3)33-30(37)28(17-23-11-7-6-8-12-23)34(19-24-13-9-10-21(2)16-24)29(36)20-35(40(4,38)39)25-14-15-27(32)26(31)18-25/h6-16,18,22,28H,5,17,19-20H2,1-4H3,(H,33,37)/t22-,28+/m1/s1. The normalized spacial score (nSPS) is 12.8. The second-order valence-electron chi connectivity index (χ2n) is 9.90. The fourth-order valence-electron chi connectivity index (χ4n) is 4.26. The van der Waals surface area contributed by atoms with Crippen LogP contribution < -0.4 is 9.62 Å². The first-order chi connectivity index (χ1) is 18.9. The van der Waals surface area contributed by atoms with E-state index in [1.54, 1.807) is 0 Å². The Labute approximate surface area is 241 Å². The summed E-state index contributed by atoms with van der Waals surface area (Å²) < 4.78 is 40.3. The van der Waals surface area contributed by atoms with Gasteiger partial charge < -0.3 is 10.2 Å². The zero-order chi connectivity index (χ0) is 29.4. The maximum absolute atomic E-state index is 14.0. The van der Waals surface area contributed by atoms with Gasteiger partial charge in [0.15, 0.2) is 0 Å². The number of amides is 2. The van der Waals surface area contributed by atoms with E-state index in [9.17, 15) is 22.4 Å². The van der Waals surface area contributed by atoms with E-state index in [4.69, 9.17) is 11.6 Å². The Morgan fingerprint density at radius 2 is 1.68 bits per heavy atom. The molecule has 10 heteroatoms. The number of hydrogen-bond donors (Lipinski definition) is 1. The van der Waals surface area contributed by atoms with Crippen molar-refractivity contribution in [3.05, 3.63) is 100 Å². The van der Waals surface area contributed by atoms with Gasteiger partial charge in [0.2, 0.25) is 21.8 Å². The molecule has 40 heavy (non-hydrogen) atoms. The van der Waals surface area contributed by atoms with Gasteiger partial charge in [-0.1, -0.05) is 78.7 Å². The zero-order valence-electron chi connectivity index (χ0n) is 23.1. The minimum atomic E-state index is -3.98. The van der Waals surface area contributed by atoms with Crippen molar-refractivity contribution in [3.8, 4) is 0 Å². The summed E-state index contributed by atoms with van der Waals surface area (Å²) in [5, 5.41) is 2.71. The summed E-state index contributed by atoms with van der Waals surface area (Å²) in [4.78, 5) is 29.1. The van der Waals surface area contributed by atoms with Crippen LogP contribution in [0.4, 0.5) is 10.1 Å². The Bertz CT molecular complexity index is 1440. The Hall–Kier alpha value is -3.43. The van der Waals surface area contributed by atoms with E-state index in [2.05, 4.69) is 5.32 Å². The van der Waals surface area contributed by atoms with E-state index in [-0.39, 0.29) is 35.6 Å². The average molecular weight is 588 g/mol. The molecule has 2 amide bonds. The molecule has 1 N–H and O–H groups in total. The van der Waals surface area contributed by atoms with Crippen LogP contribution >= 0.6 is 11.6 Å². The number of nitrogens with zero attached hydrogens (tertiary/aromatic N) is 2. The van der Waals surface area contributed by atoms with E-state index in [0.717, 1.165) is 39.4 Å². The van der Waals surface area contributed by atoms with Crippen molar-refractivity contribution in [2.45, 2.75) is 52.2 Å². The van der Waals surface area contributed by atoms with E-state index >= 15 is 0 Å². The van der Waals surface area contributed by atoms with Gasteiger partial charge in [-0.25, -0.2) is 12.8 Å². The third-order valence-electron chi connectivity index (χ3n) is 6.58. The average Bonchev–Trinajstić information content (AvgIpc) is 2.90. The Morgan fingerprint density at radius 1 is 1.00 bits per heavy atom. The summed E-state index contributed by atoms with van der Waals surface area (Å²) in [5.74, 6) is -1.64. The quantitative estimate of drug-likeness (QED) is 0.319. The second kappa shape index (κ2) is 13.8. The van der Waals surface area contributed by atoms with Crippen LogP contribution in [-0.2, 0) is 32.6 Å². The molecule has 0 spiro atoms. The molecule has 0 unspecified atom stereocenters. The smallest absolute Gasteiger partial charge is 0.244 e. The Kier molecular flexibility index (Phi) is 10.7. The number of hydrogen-bond acceptors (Lipinski definition) is 4. The molecule has 2 atom stereocenters. The second-order valence-corrected chi connectivity index (χ2v) is 12.2. The lowest BCUT2D eigenvalue weighted by atomic mass is 10.0. The van der Waals surface area contributed by atoms with Crippen molar-refractivity contribution in [2.75, 3.05) is 17.1 Å². The van der Waals surface area contributed by atoms with Gasteiger partial charge in [-0.2, -0.15) is 0 Å². The first-order valence-electron chi connectivity index (χ1n) is 13.0. The molecule has 3 aromatic carbocycles. The highest BCUT2D eigenvalue weighted by Gasteiger charge is 2.33. The maximum atomic E-state index is 14.0. The van der Waals surface area contributed by atoms with Gasteiger partial charge in [-0.3, -0.25) is 13.9 Å². The molecule has 3 aromatic rings. The highest BCUT2D eigenvalue weighted by atomic mass is 35.5. The van der Waals surface area contributed by atoms with Crippen LogP contribution in [0.3, 0.4) is 0 Å². The summed E-state index contributed by atoms with van der Waals surface area (Å²) >= 11 is 5.93. The van der Waals surface area contributed by atoms with E-state index in [1.807, 2.05) is 75.4 Å². The van der Waals surface area contributed by atoms with Crippen molar-refractivity contribution in [1.29, 1.82) is 0 Å². The summed E-state index contributed by atoms with van der Waals surface area (Å²) in [6.45, 7) is 5.23. The zero-order valence-corrected chi connectivity index (χ0v) is 24.7. The number of carbonyl (C=O) groups is 2. The van der Waals surface area contributed by atoms with Gasteiger partial charge in [0.1, 0.15) is 18.4 Å². The summed E-state index contributed by atoms with van der Waals surface area (Å²) in [6.07, 6.45) is 1.88. The molecule has 214 valence electrons. The van der Waals surface area contributed by atoms with Crippen LogP contribution in [-0.4, -0.2) is 50.0 Å². The summed E-state index contributed by atoms with van der Waals surface area (Å²) in [5.41, 5.74) is 2.66. The Morgan fingerprint density at radius 3 is 2.27 bits per heavy atom.